The second-order valence-electron chi connectivity index (χ2n) is 7.29. The highest BCUT2D eigenvalue weighted by molar-refractivity contribution is 5.90. The van der Waals surface area contributed by atoms with Crippen molar-refractivity contribution in [2.24, 2.45) is 5.92 Å². The predicted molar refractivity (Wildman–Crippen MR) is 97.4 cm³/mol. The molecule has 1 aliphatic rings. The predicted octanol–water partition coefficient (Wildman–Crippen LogP) is 2.93. The number of fused-ring (bicyclic) bond motifs is 1. The molecule has 1 amide bonds. The first-order chi connectivity index (χ1) is 14.3. The van der Waals surface area contributed by atoms with Crippen molar-refractivity contribution in [1.29, 1.82) is 0 Å². The van der Waals surface area contributed by atoms with Gasteiger partial charge in [0.1, 0.15) is 12.7 Å². The molecule has 0 spiro atoms. The Morgan fingerprint density at radius 3 is 2.87 bits per heavy atom. The van der Waals surface area contributed by atoms with Gasteiger partial charge in [-0.3, -0.25) is 4.79 Å². The van der Waals surface area contributed by atoms with Crippen molar-refractivity contribution in [2.75, 3.05) is 6.54 Å². The first-order valence-electron chi connectivity index (χ1n) is 9.54. The normalized spacial score (nSPS) is 19.7. The van der Waals surface area contributed by atoms with Crippen molar-refractivity contribution >= 4 is 16.9 Å². The summed E-state index contributed by atoms with van der Waals surface area (Å²) in [7, 11) is 0. The lowest BCUT2D eigenvalue weighted by Crippen LogP contribution is -2.40. The summed E-state index contributed by atoms with van der Waals surface area (Å²) < 4.78 is 52.2. The zero-order chi connectivity index (χ0) is 21.3. The van der Waals surface area contributed by atoms with Gasteiger partial charge in [0.15, 0.2) is 11.6 Å². The van der Waals surface area contributed by atoms with Crippen molar-refractivity contribution in [3.8, 4) is 11.4 Å². The van der Waals surface area contributed by atoms with Crippen LogP contribution in [0.15, 0.2) is 24.9 Å². The van der Waals surface area contributed by atoms with Gasteiger partial charge in [-0.2, -0.15) is 13.2 Å². The summed E-state index contributed by atoms with van der Waals surface area (Å²) in [6.45, 7) is -1.41. The lowest BCUT2D eigenvalue weighted by molar-refractivity contribution is -0.380. The highest BCUT2D eigenvalue weighted by Crippen LogP contribution is 2.39. The van der Waals surface area contributed by atoms with E-state index in [1.165, 1.54) is 6.33 Å². The number of rotatable bonds is 4. The number of amides is 1. The van der Waals surface area contributed by atoms with Crippen LogP contribution in [0.25, 0.3) is 22.4 Å². The Hall–Kier alpha value is -3.11. The molecule has 0 bridgehead atoms. The number of aromatic nitrogens is 5. The molecule has 0 aliphatic heterocycles. The molecule has 11 heteroatoms. The highest BCUT2D eigenvalue weighted by Gasteiger charge is 2.37. The third-order valence-corrected chi connectivity index (χ3v) is 5.32. The van der Waals surface area contributed by atoms with Crippen molar-refractivity contribution in [1.82, 2.24) is 25.3 Å². The van der Waals surface area contributed by atoms with Crippen LogP contribution in [0.1, 0.15) is 37.3 Å². The number of hydrogen-bond acceptors (Lipinski definition) is 4. The number of alkyl halides is 3. The lowest BCUT2D eigenvalue weighted by atomic mass is 9.76. The first kappa shape index (κ1) is 20.2. The van der Waals surface area contributed by atoms with Gasteiger partial charge in [-0.25, -0.2) is 19.3 Å². The Morgan fingerprint density at radius 2 is 2.07 bits per heavy atom. The molecule has 3 heterocycles. The number of nitrogens with zero attached hydrogens (tertiary/aromatic N) is 3. The molecular weight excluding hydrogens is 404 g/mol. The molecule has 0 saturated heterocycles. The summed E-state index contributed by atoms with van der Waals surface area (Å²) in [5.74, 6) is -2.56. The van der Waals surface area contributed by atoms with Crippen LogP contribution in [0.5, 0.6) is 0 Å². The van der Waals surface area contributed by atoms with Crippen LogP contribution in [0.3, 0.4) is 0 Å². The maximum absolute atomic E-state index is 14.7. The van der Waals surface area contributed by atoms with Gasteiger partial charge in [0.2, 0.25) is 5.91 Å². The fourth-order valence-corrected chi connectivity index (χ4v) is 3.94. The molecule has 4 rings (SSSR count). The number of aromatic amines is 2. The summed E-state index contributed by atoms with van der Waals surface area (Å²) in [5.41, 5.74) is 1.25. The summed E-state index contributed by atoms with van der Waals surface area (Å²) in [6.07, 6.45) is 3.64. The number of halogens is 4. The van der Waals surface area contributed by atoms with Crippen LogP contribution in [-0.4, -0.2) is 38.6 Å². The van der Waals surface area contributed by atoms with E-state index in [0.29, 0.717) is 35.9 Å². The molecule has 1 fully saturated rings. The van der Waals surface area contributed by atoms with Crippen molar-refractivity contribution in [2.45, 2.75) is 37.8 Å². The molecule has 30 heavy (non-hydrogen) atoms. The third kappa shape index (κ3) is 4.10. The summed E-state index contributed by atoms with van der Waals surface area (Å²) in [6, 6.07) is 0. The molecule has 158 valence electrons. The monoisotopic (exact) mass is 423 g/mol. The highest BCUT2D eigenvalue weighted by atomic mass is 19.4. The quantitative estimate of drug-likeness (QED) is 0.631. The molecule has 3 aromatic heterocycles. The maximum Gasteiger partial charge on any atom is 0.405 e. The van der Waals surface area contributed by atoms with Crippen LogP contribution in [0.2, 0.25) is 0 Å². The molecule has 0 aromatic carbocycles. The minimum absolute atomic E-state index is 0.0501. The van der Waals surface area contributed by atoms with E-state index in [1.807, 2.05) is 5.32 Å². The number of nitrogens with one attached hydrogen (secondary N) is 3. The Kier molecular flexibility index (Phi) is 5.35. The van der Waals surface area contributed by atoms with Crippen molar-refractivity contribution in [3.63, 3.8) is 0 Å². The summed E-state index contributed by atoms with van der Waals surface area (Å²) in [4.78, 5) is 30.9. The van der Waals surface area contributed by atoms with Crippen LogP contribution in [0, 0.1) is 11.7 Å². The first-order valence-corrected chi connectivity index (χ1v) is 9.54. The molecule has 7 nitrogen and oxygen atoms in total. The maximum atomic E-state index is 14.7. The SMILES string of the molecule is O=C(NCC(F)(F)F)[C@@H]1CCCCC1c1nc(-c2c[nH]c3nc[nH+]cc23)ncc1F. The van der Waals surface area contributed by atoms with Gasteiger partial charge in [0, 0.05) is 18.0 Å². The molecule has 3 N–H and O–H groups in total. The number of hydrogen-bond donors (Lipinski definition) is 2. The second-order valence-corrected chi connectivity index (χ2v) is 7.29. The third-order valence-electron chi connectivity index (χ3n) is 5.32. The van der Waals surface area contributed by atoms with Gasteiger partial charge in [-0.1, -0.05) is 12.8 Å². The molecule has 1 unspecified atom stereocenters. The minimum atomic E-state index is -4.51. The minimum Gasteiger partial charge on any atom is -0.347 e. The standard InChI is InChI=1S/C19H18F4N6O/c20-14-7-26-17(13-6-25-16-12(13)5-24-9-28-16)29-15(14)10-3-1-2-4-11(10)18(30)27-8-19(21,22)23/h5-7,9-11H,1-4,8H2,(H,27,30)(H,24,25,28)/p+1/t10?,11-/m1/s1. The average molecular weight is 423 g/mol. The number of H-pyrrole nitrogens is 2. The van der Waals surface area contributed by atoms with Gasteiger partial charge in [-0.05, 0) is 17.8 Å². The van der Waals surface area contributed by atoms with E-state index < -0.39 is 36.3 Å². The largest absolute Gasteiger partial charge is 0.405 e. The van der Waals surface area contributed by atoms with Gasteiger partial charge >= 0.3 is 6.18 Å². The van der Waals surface area contributed by atoms with E-state index in [-0.39, 0.29) is 11.5 Å². The number of carbonyl (C=O) groups excluding carboxylic acids is 1. The fraction of sp³-hybridized carbons (Fsp3) is 0.421. The molecule has 0 radical (unpaired) electrons. The van der Waals surface area contributed by atoms with E-state index in [1.54, 1.807) is 12.4 Å². The second kappa shape index (κ2) is 7.96. The zero-order valence-electron chi connectivity index (χ0n) is 15.8. The Labute approximate surface area is 168 Å². The summed E-state index contributed by atoms with van der Waals surface area (Å²) >= 11 is 0. The van der Waals surface area contributed by atoms with Crippen LogP contribution in [0.4, 0.5) is 17.6 Å². The smallest absolute Gasteiger partial charge is 0.347 e. The Balaban J connectivity index is 1.66. The van der Waals surface area contributed by atoms with E-state index in [4.69, 9.17) is 0 Å². The molecule has 2 atom stereocenters. The Morgan fingerprint density at radius 1 is 1.27 bits per heavy atom. The van der Waals surface area contributed by atoms with E-state index in [0.717, 1.165) is 12.6 Å². The van der Waals surface area contributed by atoms with Gasteiger partial charge in [-0.15, -0.1) is 0 Å². The van der Waals surface area contributed by atoms with Gasteiger partial charge < -0.3 is 10.3 Å². The molecular formula is C19H19F4N6O+. The fourth-order valence-electron chi connectivity index (χ4n) is 3.94. The lowest BCUT2D eigenvalue weighted by Gasteiger charge is -2.30. The number of carbonyl (C=O) groups is 1. The van der Waals surface area contributed by atoms with Gasteiger partial charge in [0.25, 0.3) is 12.0 Å². The van der Waals surface area contributed by atoms with Gasteiger partial charge in [0.05, 0.1) is 22.8 Å². The zero-order valence-corrected chi connectivity index (χ0v) is 15.8. The van der Waals surface area contributed by atoms with E-state index in [9.17, 15) is 22.4 Å². The van der Waals surface area contributed by atoms with Crippen LogP contribution in [-0.2, 0) is 4.79 Å². The van der Waals surface area contributed by atoms with E-state index in [2.05, 4.69) is 24.9 Å². The van der Waals surface area contributed by atoms with Crippen molar-refractivity contribution in [3.05, 3.63) is 36.4 Å². The Bertz CT molecular complexity index is 1070. The molecule has 1 aliphatic carbocycles. The van der Waals surface area contributed by atoms with Crippen molar-refractivity contribution < 1.29 is 27.3 Å². The molecule has 3 aromatic rings. The van der Waals surface area contributed by atoms with Crippen LogP contribution >= 0.6 is 0 Å². The topological polar surface area (TPSA) is 97.7 Å². The average Bonchev–Trinajstić information content (AvgIpc) is 3.16. The molecule has 1 saturated carbocycles. The van der Waals surface area contributed by atoms with E-state index >= 15 is 0 Å². The van der Waals surface area contributed by atoms with Crippen LogP contribution < -0.4 is 10.3 Å². The summed E-state index contributed by atoms with van der Waals surface area (Å²) in [5, 5.41) is 2.64.